The van der Waals surface area contributed by atoms with Crippen molar-refractivity contribution in [1.29, 1.82) is 0 Å². The number of H-pyrrole nitrogens is 1. The Morgan fingerprint density at radius 2 is 2.14 bits per heavy atom. The topological polar surface area (TPSA) is 84.1 Å². The highest BCUT2D eigenvalue weighted by atomic mass is 35.5. The number of carbonyl (C=O) groups is 2. The van der Waals surface area contributed by atoms with Crippen LogP contribution in [0.2, 0.25) is 5.02 Å². The molecule has 0 radical (unpaired) electrons. The van der Waals surface area contributed by atoms with E-state index in [1.165, 1.54) is 13.3 Å². The Hall–Kier alpha value is -2.34. The molecule has 1 heterocycles. The summed E-state index contributed by atoms with van der Waals surface area (Å²) < 4.78 is 4.75. The molecule has 0 spiro atoms. The molecule has 6 nitrogen and oxygen atoms in total. The van der Waals surface area contributed by atoms with Crippen LogP contribution in [0.4, 0.5) is 0 Å². The van der Waals surface area contributed by atoms with Crippen LogP contribution in [0.3, 0.4) is 0 Å². The molecule has 0 fully saturated rings. The molecular formula is C15H16ClN3O3. The predicted octanol–water partition coefficient (Wildman–Crippen LogP) is 2.27. The summed E-state index contributed by atoms with van der Waals surface area (Å²) >= 11 is 6.10. The summed E-state index contributed by atoms with van der Waals surface area (Å²) in [7, 11) is 1.25. The van der Waals surface area contributed by atoms with Gasteiger partial charge >= 0.3 is 5.97 Å². The van der Waals surface area contributed by atoms with Crippen molar-refractivity contribution in [3.05, 3.63) is 52.6 Å². The van der Waals surface area contributed by atoms with E-state index in [1.54, 1.807) is 24.3 Å². The Labute approximate surface area is 132 Å². The van der Waals surface area contributed by atoms with Gasteiger partial charge in [-0.25, -0.2) is 9.78 Å². The number of nitrogens with zero attached hydrogens (tertiary/aromatic N) is 1. The number of ether oxygens (including phenoxy) is 1. The number of aryl methyl sites for hydroxylation is 1. The minimum Gasteiger partial charge on any atom is -0.467 e. The summed E-state index contributed by atoms with van der Waals surface area (Å²) in [6.45, 7) is 1.92. The SMILES string of the molecule is CCc1ncc(C(=O)N[C@H](C(=O)OC)c2ccccc2Cl)[nH]1. The average Bonchev–Trinajstić information content (AvgIpc) is 3.01. The molecule has 0 saturated heterocycles. The maximum absolute atomic E-state index is 12.3. The van der Waals surface area contributed by atoms with Crippen LogP contribution in [-0.4, -0.2) is 29.0 Å². The van der Waals surface area contributed by atoms with Crippen molar-refractivity contribution in [3.8, 4) is 0 Å². The number of aromatic amines is 1. The first-order valence-corrected chi connectivity index (χ1v) is 7.11. The molecule has 1 amide bonds. The van der Waals surface area contributed by atoms with E-state index in [0.717, 1.165) is 0 Å². The zero-order valence-corrected chi connectivity index (χ0v) is 13.0. The molecule has 0 aliphatic carbocycles. The van der Waals surface area contributed by atoms with E-state index >= 15 is 0 Å². The lowest BCUT2D eigenvalue weighted by molar-refractivity contribution is -0.143. The van der Waals surface area contributed by atoms with E-state index in [4.69, 9.17) is 16.3 Å². The maximum Gasteiger partial charge on any atom is 0.333 e. The number of amides is 1. The smallest absolute Gasteiger partial charge is 0.333 e. The number of halogens is 1. The highest BCUT2D eigenvalue weighted by Crippen LogP contribution is 2.24. The number of hydrogen-bond acceptors (Lipinski definition) is 4. The van der Waals surface area contributed by atoms with Crippen molar-refractivity contribution in [2.75, 3.05) is 7.11 Å². The molecule has 1 aromatic heterocycles. The molecule has 1 atom stereocenters. The van der Waals surface area contributed by atoms with Gasteiger partial charge in [0, 0.05) is 17.0 Å². The molecule has 0 saturated carbocycles. The van der Waals surface area contributed by atoms with Crippen LogP contribution in [0.15, 0.2) is 30.5 Å². The largest absolute Gasteiger partial charge is 0.467 e. The van der Waals surface area contributed by atoms with Crippen molar-refractivity contribution < 1.29 is 14.3 Å². The second-order valence-corrected chi connectivity index (χ2v) is 4.96. The van der Waals surface area contributed by atoms with Crippen LogP contribution in [0.5, 0.6) is 0 Å². The minimum atomic E-state index is -0.987. The summed E-state index contributed by atoms with van der Waals surface area (Å²) in [4.78, 5) is 31.2. The predicted molar refractivity (Wildman–Crippen MR) is 81.6 cm³/mol. The highest BCUT2D eigenvalue weighted by molar-refractivity contribution is 6.31. The number of rotatable bonds is 5. The molecule has 7 heteroatoms. The Morgan fingerprint density at radius 3 is 2.73 bits per heavy atom. The average molecular weight is 322 g/mol. The zero-order valence-electron chi connectivity index (χ0n) is 12.2. The molecule has 116 valence electrons. The minimum absolute atomic E-state index is 0.276. The van der Waals surface area contributed by atoms with Gasteiger partial charge in [0.05, 0.1) is 13.3 Å². The number of methoxy groups -OCH3 is 1. The van der Waals surface area contributed by atoms with E-state index in [-0.39, 0.29) is 5.69 Å². The Balaban J connectivity index is 2.25. The monoisotopic (exact) mass is 321 g/mol. The van der Waals surface area contributed by atoms with Gasteiger partial charge in [0.25, 0.3) is 5.91 Å². The van der Waals surface area contributed by atoms with Gasteiger partial charge in [0.2, 0.25) is 0 Å². The summed E-state index contributed by atoms with van der Waals surface area (Å²) in [5.74, 6) is -0.364. The molecule has 2 N–H and O–H groups in total. The molecule has 1 aromatic carbocycles. The van der Waals surface area contributed by atoms with Gasteiger partial charge in [-0.05, 0) is 6.07 Å². The first kappa shape index (κ1) is 16.0. The van der Waals surface area contributed by atoms with E-state index < -0.39 is 17.9 Å². The Kier molecular flexibility index (Phi) is 5.16. The number of benzene rings is 1. The molecular weight excluding hydrogens is 306 g/mol. The number of aromatic nitrogens is 2. The molecule has 0 unspecified atom stereocenters. The van der Waals surface area contributed by atoms with Gasteiger partial charge in [0.15, 0.2) is 6.04 Å². The van der Waals surface area contributed by atoms with Crippen molar-refractivity contribution in [2.24, 2.45) is 0 Å². The van der Waals surface area contributed by atoms with Crippen LogP contribution >= 0.6 is 11.6 Å². The number of esters is 1. The summed E-state index contributed by atoms with van der Waals surface area (Å²) in [6.07, 6.45) is 2.10. The van der Waals surface area contributed by atoms with E-state index in [1.807, 2.05) is 6.92 Å². The van der Waals surface area contributed by atoms with Gasteiger partial charge in [-0.3, -0.25) is 4.79 Å². The molecule has 0 aliphatic rings. The number of nitrogens with one attached hydrogen (secondary N) is 2. The van der Waals surface area contributed by atoms with Gasteiger partial charge in [0.1, 0.15) is 11.5 Å². The lowest BCUT2D eigenvalue weighted by atomic mass is 10.1. The molecule has 0 aliphatic heterocycles. The number of imidazole rings is 1. The second-order valence-electron chi connectivity index (χ2n) is 4.55. The van der Waals surface area contributed by atoms with Gasteiger partial charge in [-0.2, -0.15) is 0 Å². The summed E-state index contributed by atoms with van der Waals surface area (Å²) in [5.41, 5.74) is 0.748. The molecule has 22 heavy (non-hydrogen) atoms. The third-order valence-corrected chi connectivity index (χ3v) is 3.48. The summed E-state index contributed by atoms with van der Waals surface area (Å²) in [6, 6.07) is 5.79. The second kappa shape index (κ2) is 7.09. The zero-order chi connectivity index (χ0) is 16.1. The Bertz CT molecular complexity index is 684. The lowest BCUT2D eigenvalue weighted by Gasteiger charge is -2.17. The van der Waals surface area contributed by atoms with Crippen molar-refractivity contribution in [1.82, 2.24) is 15.3 Å². The van der Waals surface area contributed by atoms with Crippen LogP contribution in [-0.2, 0) is 16.0 Å². The normalized spacial score (nSPS) is 11.8. The van der Waals surface area contributed by atoms with Gasteiger partial charge < -0.3 is 15.0 Å². The maximum atomic E-state index is 12.3. The van der Waals surface area contributed by atoms with Crippen molar-refractivity contribution in [3.63, 3.8) is 0 Å². The fourth-order valence-corrected chi connectivity index (χ4v) is 2.20. The van der Waals surface area contributed by atoms with E-state index in [2.05, 4.69) is 15.3 Å². The van der Waals surface area contributed by atoms with Crippen molar-refractivity contribution >= 4 is 23.5 Å². The fraction of sp³-hybridized carbons (Fsp3) is 0.267. The number of hydrogen-bond donors (Lipinski definition) is 2. The van der Waals surface area contributed by atoms with Crippen LogP contribution in [0.1, 0.15) is 34.8 Å². The van der Waals surface area contributed by atoms with Crippen LogP contribution < -0.4 is 5.32 Å². The van der Waals surface area contributed by atoms with E-state index in [0.29, 0.717) is 22.8 Å². The first-order valence-electron chi connectivity index (χ1n) is 6.73. The van der Waals surface area contributed by atoms with Crippen LogP contribution in [0.25, 0.3) is 0 Å². The third-order valence-electron chi connectivity index (χ3n) is 3.14. The fourth-order valence-electron chi connectivity index (χ4n) is 1.96. The van der Waals surface area contributed by atoms with Crippen molar-refractivity contribution in [2.45, 2.75) is 19.4 Å². The van der Waals surface area contributed by atoms with Gasteiger partial charge in [-0.15, -0.1) is 0 Å². The number of carbonyl (C=O) groups excluding carboxylic acids is 2. The Morgan fingerprint density at radius 1 is 1.41 bits per heavy atom. The molecule has 0 bridgehead atoms. The van der Waals surface area contributed by atoms with E-state index in [9.17, 15) is 9.59 Å². The highest BCUT2D eigenvalue weighted by Gasteiger charge is 2.26. The molecule has 2 rings (SSSR count). The third kappa shape index (κ3) is 3.46. The van der Waals surface area contributed by atoms with Gasteiger partial charge in [-0.1, -0.05) is 36.7 Å². The lowest BCUT2D eigenvalue weighted by Crippen LogP contribution is -2.35. The molecule has 2 aromatic rings. The first-order chi connectivity index (χ1) is 10.6. The quantitative estimate of drug-likeness (QED) is 0.827. The summed E-state index contributed by atoms with van der Waals surface area (Å²) in [5, 5.41) is 2.98. The van der Waals surface area contributed by atoms with Crippen LogP contribution in [0, 0.1) is 0 Å². The standard InChI is InChI=1S/C15H16ClN3O3/c1-3-12-17-8-11(18-12)14(20)19-13(15(21)22-2)9-6-4-5-7-10(9)16/h4-8,13H,3H2,1-2H3,(H,17,18)(H,19,20)/t13-/m0/s1.